The van der Waals surface area contributed by atoms with Gasteiger partial charge in [0.1, 0.15) is 12.4 Å². The van der Waals surface area contributed by atoms with Crippen molar-refractivity contribution in [1.82, 2.24) is 0 Å². The van der Waals surface area contributed by atoms with E-state index in [2.05, 4.69) is 0 Å². The molecule has 110 valence electrons. The van der Waals surface area contributed by atoms with E-state index in [1.807, 2.05) is 0 Å². The lowest BCUT2D eigenvalue weighted by atomic mass is 10.2. The Morgan fingerprint density at radius 2 is 2.10 bits per heavy atom. The van der Waals surface area contributed by atoms with Gasteiger partial charge in [-0.25, -0.2) is 4.39 Å². The molecule has 0 aliphatic heterocycles. The number of nitrogens with zero attached hydrogens (tertiary/aromatic N) is 1. The first-order chi connectivity index (χ1) is 10.0. The standard InChI is InChI=1S/C14H11ClFNO4/c15-11-3-1-2-10(14(11)16)8-21-13-6-9(7-18)4-5-12(13)17(19)20/h1-6,18H,7-8H2. The lowest BCUT2D eigenvalue weighted by Gasteiger charge is -2.09. The normalized spacial score (nSPS) is 10.4. The van der Waals surface area contributed by atoms with E-state index in [-0.39, 0.29) is 35.2 Å². The van der Waals surface area contributed by atoms with Crippen molar-refractivity contribution in [2.45, 2.75) is 13.2 Å². The number of aliphatic hydroxyl groups is 1. The van der Waals surface area contributed by atoms with Crippen LogP contribution in [0.1, 0.15) is 11.1 Å². The van der Waals surface area contributed by atoms with Gasteiger partial charge in [-0.05, 0) is 23.8 Å². The fourth-order valence-corrected chi connectivity index (χ4v) is 1.93. The average molecular weight is 312 g/mol. The summed E-state index contributed by atoms with van der Waals surface area (Å²) in [5.74, 6) is -0.661. The molecule has 0 spiro atoms. The Morgan fingerprint density at radius 3 is 2.76 bits per heavy atom. The molecule has 0 unspecified atom stereocenters. The molecule has 0 atom stereocenters. The number of hydrogen-bond acceptors (Lipinski definition) is 4. The number of nitro groups is 1. The van der Waals surface area contributed by atoms with Crippen LogP contribution in [0.5, 0.6) is 5.75 Å². The van der Waals surface area contributed by atoms with E-state index in [1.165, 1.54) is 30.3 Å². The van der Waals surface area contributed by atoms with Gasteiger partial charge in [0.25, 0.3) is 0 Å². The second kappa shape index (κ2) is 6.51. The predicted molar refractivity (Wildman–Crippen MR) is 74.8 cm³/mol. The first kappa shape index (κ1) is 15.2. The van der Waals surface area contributed by atoms with Crippen molar-refractivity contribution in [3.8, 4) is 5.75 Å². The smallest absolute Gasteiger partial charge is 0.310 e. The third kappa shape index (κ3) is 3.48. The van der Waals surface area contributed by atoms with Crippen molar-refractivity contribution in [2.24, 2.45) is 0 Å². The van der Waals surface area contributed by atoms with Gasteiger partial charge in [0.05, 0.1) is 16.6 Å². The number of nitro benzene ring substituents is 1. The Hall–Kier alpha value is -2.18. The Balaban J connectivity index is 2.26. The SMILES string of the molecule is O=[N+]([O-])c1ccc(CO)cc1OCc1cccc(Cl)c1F. The molecule has 1 N–H and O–H groups in total. The minimum atomic E-state index is -0.625. The third-order valence-electron chi connectivity index (χ3n) is 2.82. The first-order valence-electron chi connectivity index (χ1n) is 5.96. The summed E-state index contributed by atoms with van der Waals surface area (Å²) in [6, 6.07) is 8.43. The molecule has 5 nitrogen and oxygen atoms in total. The van der Waals surface area contributed by atoms with E-state index in [9.17, 15) is 14.5 Å². The monoisotopic (exact) mass is 311 g/mol. The maximum Gasteiger partial charge on any atom is 0.310 e. The Morgan fingerprint density at radius 1 is 1.33 bits per heavy atom. The summed E-state index contributed by atoms with van der Waals surface area (Å²) in [5, 5.41) is 19.9. The molecule has 0 saturated heterocycles. The van der Waals surface area contributed by atoms with Crippen LogP contribution in [-0.2, 0) is 13.2 Å². The zero-order chi connectivity index (χ0) is 15.4. The second-order valence-corrected chi connectivity index (χ2v) is 4.63. The van der Waals surface area contributed by atoms with Crippen LogP contribution in [-0.4, -0.2) is 10.0 Å². The van der Waals surface area contributed by atoms with Crippen molar-refractivity contribution in [1.29, 1.82) is 0 Å². The highest BCUT2D eigenvalue weighted by Crippen LogP contribution is 2.29. The molecular weight excluding hydrogens is 301 g/mol. The van der Waals surface area contributed by atoms with E-state index < -0.39 is 10.7 Å². The van der Waals surface area contributed by atoms with E-state index in [1.54, 1.807) is 6.07 Å². The molecule has 0 saturated carbocycles. The number of ether oxygens (including phenoxy) is 1. The fraction of sp³-hybridized carbons (Fsp3) is 0.143. The highest BCUT2D eigenvalue weighted by Gasteiger charge is 2.16. The van der Waals surface area contributed by atoms with Gasteiger partial charge >= 0.3 is 5.69 Å². The van der Waals surface area contributed by atoms with Gasteiger partial charge in [0.2, 0.25) is 0 Å². The second-order valence-electron chi connectivity index (χ2n) is 4.22. The quantitative estimate of drug-likeness (QED) is 0.678. The van der Waals surface area contributed by atoms with Gasteiger partial charge in [-0.3, -0.25) is 10.1 Å². The summed E-state index contributed by atoms with van der Waals surface area (Å²) in [6.07, 6.45) is 0. The molecule has 2 rings (SSSR count). The van der Waals surface area contributed by atoms with Crippen molar-refractivity contribution >= 4 is 17.3 Å². The molecular formula is C14H11ClFNO4. The van der Waals surface area contributed by atoms with Gasteiger partial charge in [0, 0.05) is 11.6 Å². The number of hydrogen-bond donors (Lipinski definition) is 1. The highest BCUT2D eigenvalue weighted by molar-refractivity contribution is 6.30. The summed E-state index contributed by atoms with van der Waals surface area (Å²) < 4.78 is 19.0. The molecule has 0 aliphatic rings. The molecule has 2 aromatic rings. The van der Waals surface area contributed by atoms with Crippen molar-refractivity contribution in [3.63, 3.8) is 0 Å². The number of halogens is 2. The number of benzene rings is 2. The van der Waals surface area contributed by atoms with Crippen LogP contribution >= 0.6 is 11.6 Å². The molecule has 0 amide bonds. The van der Waals surface area contributed by atoms with Crippen LogP contribution in [0.25, 0.3) is 0 Å². The van der Waals surface area contributed by atoms with Gasteiger partial charge in [-0.2, -0.15) is 0 Å². The summed E-state index contributed by atoms with van der Waals surface area (Å²) in [7, 11) is 0. The van der Waals surface area contributed by atoms with Crippen molar-refractivity contribution < 1.29 is 19.2 Å². The van der Waals surface area contributed by atoms with E-state index in [0.29, 0.717) is 5.56 Å². The maximum atomic E-state index is 13.7. The van der Waals surface area contributed by atoms with Crippen LogP contribution in [0.3, 0.4) is 0 Å². The topological polar surface area (TPSA) is 72.6 Å². The van der Waals surface area contributed by atoms with Crippen LogP contribution in [0.15, 0.2) is 36.4 Å². The minimum Gasteiger partial charge on any atom is -0.482 e. The maximum absolute atomic E-state index is 13.7. The van der Waals surface area contributed by atoms with E-state index >= 15 is 0 Å². The zero-order valence-electron chi connectivity index (χ0n) is 10.8. The molecule has 0 radical (unpaired) electrons. The molecule has 0 fully saturated rings. The molecule has 2 aromatic carbocycles. The van der Waals surface area contributed by atoms with Crippen LogP contribution < -0.4 is 4.74 Å². The van der Waals surface area contributed by atoms with Gasteiger partial charge in [0.15, 0.2) is 5.75 Å². The van der Waals surface area contributed by atoms with E-state index in [0.717, 1.165) is 0 Å². The molecule has 0 bridgehead atoms. The minimum absolute atomic E-state index is 0.0362. The zero-order valence-corrected chi connectivity index (χ0v) is 11.5. The molecule has 0 aliphatic carbocycles. The Bertz CT molecular complexity index is 678. The molecule has 0 heterocycles. The molecule has 7 heteroatoms. The number of aliphatic hydroxyl groups excluding tert-OH is 1. The van der Waals surface area contributed by atoms with Crippen LogP contribution in [0.4, 0.5) is 10.1 Å². The van der Waals surface area contributed by atoms with Crippen molar-refractivity contribution in [2.75, 3.05) is 0 Å². The van der Waals surface area contributed by atoms with E-state index in [4.69, 9.17) is 21.4 Å². The lowest BCUT2D eigenvalue weighted by Crippen LogP contribution is -2.02. The Kier molecular flexibility index (Phi) is 4.72. The number of rotatable bonds is 5. The molecule has 0 aromatic heterocycles. The third-order valence-corrected chi connectivity index (χ3v) is 3.11. The lowest BCUT2D eigenvalue weighted by molar-refractivity contribution is -0.386. The average Bonchev–Trinajstić information content (AvgIpc) is 2.48. The fourth-order valence-electron chi connectivity index (χ4n) is 1.74. The van der Waals surface area contributed by atoms with Crippen molar-refractivity contribution in [3.05, 3.63) is 68.5 Å². The van der Waals surface area contributed by atoms with Gasteiger partial charge in [-0.15, -0.1) is 0 Å². The first-order valence-corrected chi connectivity index (χ1v) is 6.34. The molecule has 21 heavy (non-hydrogen) atoms. The summed E-state index contributed by atoms with van der Waals surface area (Å²) in [5.41, 5.74) is 0.392. The summed E-state index contributed by atoms with van der Waals surface area (Å²) in [6.45, 7) is -0.484. The Labute approximate surface area is 124 Å². The van der Waals surface area contributed by atoms with Gasteiger partial charge in [-0.1, -0.05) is 23.7 Å². The predicted octanol–water partition coefficient (Wildman–Crippen LogP) is 3.46. The van der Waals surface area contributed by atoms with Crippen LogP contribution in [0, 0.1) is 15.9 Å². The van der Waals surface area contributed by atoms with Gasteiger partial charge < -0.3 is 9.84 Å². The summed E-state index contributed by atoms with van der Waals surface area (Å²) in [4.78, 5) is 10.3. The summed E-state index contributed by atoms with van der Waals surface area (Å²) >= 11 is 5.65. The highest BCUT2D eigenvalue weighted by atomic mass is 35.5. The largest absolute Gasteiger partial charge is 0.482 e. The van der Waals surface area contributed by atoms with Crippen LogP contribution in [0.2, 0.25) is 5.02 Å².